The maximum absolute atomic E-state index is 13.2. The Morgan fingerprint density at radius 3 is 1.65 bits per heavy atom. The van der Waals surface area contributed by atoms with E-state index >= 15 is 0 Å². The number of carbonyl (C=O) groups excluding carboxylic acids is 4. The fourth-order valence-corrected chi connectivity index (χ4v) is 8.21. The highest BCUT2D eigenvalue weighted by Gasteiger charge is 2.34. The molecule has 2 atom stereocenters. The zero-order chi connectivity index (χ0) is 35.9. The van der Waals surface area contributed by atoms with Crippen molar-refractivity contribution in [1.82, 2.24) is 9.80 Å². The van der Waals surface area contributed by atoms with Crippen molar-refractivity contribution in [3.8, 4) is 20.9 Å². The summed E-state index contributed by atoms with van der Waals surface area (Å²) in [4.78, 5) is 57.9. The van der Waals surface area contributed by atoms with E-state index in [0.717, 1.165) is 57.0 Å². The van der Waals surface area contributed by atoms with Crippen LogP contribution in [0.5, 0.6) is 0 Å². The van der Waals surface area contributed by atoms with Crippen molar-refractivity contribution in [2.24, 2.45) is 0 Å². The molecule has 9 heteroatoms. The van der Waals surface area contributed by atoms with Gasteiger partial charge in [-0.2, -0.15) is 0 Å². The minimum absolute atomic E-state index is 0.0214. The maximum Gasteiger partial charge on any atom is 0.247 e. The van der Waals surface area contributed by atoms with E-state index in [1.165, 1.54) is 0 Å². The van der Waals surface area contributed by atoms with E-state index < -0.39 is 6.04 Å². The molecule has 2 unspecified atom stereocenters. The van der Waals surface area contributed by atoms with E-state index in [1.807, 2.05) is 114 Å². The van der Waals surface area contributed by atoms with Crippen LogP contribution in [0.4, 0.5) is 11.4 Å². The second-order valence-electron chi connectivity index (χ2n) is 13.5. The second-order valence-corrected chi connectivity index (χ2v) is 14.6. The summed E-state index contributed by atoms with van der Waals surface area (Å²) in [7, 11) is 0. The lowest BCUT2D eigenvalue weighted by molar-refractivity contribution is -0.136. The van der Waals surface area contributed by atoms with Gasteiger partial charge in [-0.3, -0.25) is 19.2 Å². The average molecular weight is 711 g/mol. The quantitative estimate of drug-likeness (QED) is 0.146. The van der Waals surface area contributed by atoms with Gasteiger partial charge in [0.1, 0.15) is 6.04 Å². The average Bonchev–Trinajstić information content (AvgIpc) is 3.95. The van der Waals surface area contributed by atoms with Gasteiger partial charge in [-0.25, -0.2) is 0 Å². The first kappa shape index (κ1) is 34.9. The van der Waals surface area contributed by atoms with Crippen LogP contribution in [0.1, 0.15) is 43.2 Å². The molecule has 4 aromatic carbocycles. The summed E-state index contributed by atoms with van der Waals surface area (Å²) < 4.78 is 0. The van der Waals surface area contributed by atoms with Gasteiger partial charge in [0.2, 0.25) is 23.6 Å². The number of rotatable bonds is 11. The SMILES string of the molecule is O=C(CC1CCCN1C(=O)Cc1ccccc1)Nc1ccc(-c2ccc(-c3ccc(NC(=O)C4CCCN4C(=O)Cc4ccccc4)cc3)s2)cc1. The molecule has 8 nitrogen and oxygen atoms in total. The Balaban J connectivity index is 0.905. The van der Waals surface area contributed by atoms with Gasteiger partial charge in [-0.05, 0) is 84.3 Å². The molecule has 0 saturated carbocycles. The monoisotopic (exact) mass is 710 g/mol. The Morgan fingerprint density at radius 1 is 0.577 bits per heavy atom. The summed E-state index contributed by atoms with van der Waals surface area (Å²) in [6.07, 6.45) is 4.15. The second kappa shape index (κ2) is 16.2. The lowest BCUT2D eigenvalue weighted by Gasteiger charge is -2.24. The molecule has 2 saturated heterocycles. The van der Waals surface area contributed by atoms with Crippen LogP contribution < -0.4 is 10.6 Å². The van der Waals surface area contributed by atoms with E-state index in [-0.39, 0.29) is 36.1 Å². The zero-order valence-corrected chi connectivity index (χ0v) is 29.8. The fraction of sp³-hybridized carbons (Fsp3) is 0.256. The first-order valence-electron chi connectivity index (χ1n) is 18.0. The molecular weight excluding hydrogens is 669 g/mol. The molecule has 2 aliphatic rings. The van der Waals surface area contributed by atoms with Gasteiger partial charge in [0.25, 0.3) is 0 Å². The summed E-state index contributed by atoms with van der Waals surface area (Å²) >= 11 is 1.67. The summed E-state index contributed by atoms with van der Waals surface area (Å²) in [5.41, 5.74) is 5.45. The predicted octanol–water partition coefficient (Wildman–Crippen LogP) is 7.82. The van der Waals surface area contributed by atoms with Crippen LogP contribution in [0.3, 0.4) is 0 Å². The van der Waals surface area contributed by atoms with Crippen molar-refractivity contribution in [2.45, 2.75) is 57.0 Å². The summed E-state index contributed by atoms with van der Waals surface area (Å²) in [6, 6.07) is 38.6. The van der Waals surface area contributed by atoms with Gasteiger partial charge < -0.3 is 20.4 Å². The molecule has 3 heterocycles. The van der Waals surface area contributed by atoms with Crippen molar-refractivity contribution in [2.75, 3.05) is 23.7 Å². The van der Waals surface area contributed by atoms with Crippen LogP contribution in [-0.4, -0.2) is 58.6 Å². The number of hydrogen-bond donors (Lipinski definition) is 2. The third kappa shape index (κ3) is 8.49. The molecule has 2 N–H and O–H groups in total. The van der Waals surface area contributed by atoms with Gasteiger partial charge in [0.15, 0.2) is 0 Å². The van der Waals surface area contributed by atoms with Crippen molar-refractivity contribution in [3.05, 3.63) is 132 Å². The number of nitrogens with zero attached hydrogens (tertiary/aromatic N) is 2. The normalized spacial score (nSPS) is 16.8. The van der Waals surface area contributed by atoms with Crippen LogP contribution in [0, 0.1) is 0 Å². The van der Waals surface area contributed by atoms with Crippen molar-refractivity contribution >= 4 is 46.3 Å². The fourth-order valence-electron chi connectivity index (χ4n) is 7.19. The Hall–Kier alpha value is -5.54. The summed E-state index contributed by atoms with van der Waals surface area (Å²) in [5, 5.41) is 6.04. The number of carbonyl (C=O) groups is 4. The highest BCUT2D eigenvalue weighted by atomic mass is 32.1. The number of likely N-dealkylation sites (tertiary alicyclic amines) is 2. The van der Waals surface area contributed by atoms with Crippen LogP contribution in [0.25, 0.3) is 20.9 Å². The van der Waals surface area contributed by atoms with E-state index in [1.54, 1.807) is 16.2 Å². The van der Waals surface area contributed by atoms with Crippen LogP contribution >= 0.6 is 11.3 Å². The number of hydrogen-bond acceptors (Lipinski definition) is 5. The van der Waals surface area contributed by atoms with Crippen LogP contribution in [0.15, 0.2) is 121 Å². The summed E-state index contributed by atoms with van der Waals surface area (Å²) in [5.74, 6) is -0.192. The van der Waals surface area contributed by atoms with Crippen molar-refractivity contribution in [1.29, 1.82) is 0 Å². The van der Waals surface area contributed by atoms with Gasteiger partial charge >= 0.3 is 0 Å². The molecule has 52 heavy (non-hydrogen) atoms. The molecule has 264 valence electrons. The van der Waals surface area contributed by atoms with Gasteiger partial charge in [0.05, 0.1) is 12.8 Å². The van der Waals surface area contributed by atoms with Gasteiger partial charge in [-0.15, -0.1) is 11.3 Å². The molecule has 1 aromatic heterocycles. The summed E-state index contributed by atoms with van der Waals surface area (Å²) in [6.45, 7) is 1.29. The maximum atomic E-state index is 13.2. The molecule has 2 fully saturated rings. The number of thiophene rings is 1. The van der Waals surface area contributed by atoms with Crippen molar-refractivity contribution < 1.29 is 19.2 Å². The first-order valence-corrected chi connectivity index (χ1v) is 18.8. The molecule has 7 rings (SSSR count). The lowest BCUT2D eigenvalue weighted by Crippen LogP contribution is -2.43. The number of amides is 4. The Labute approximate surface area is 308 Å². The highest BCUT2D eigenvalue weighted by molar-refractivity contribution is 7.18. The minimum atomic E-state index is -0.464. The first-order chi connectivity index (χ1) is 25.4. The molecule has 0 bridgehead atoms. The molecule has 0 radical (unpaired) electrons. The van der Waals surface area contributed by atoms with E-state index in [9.17, 15) is 19.2 Å². The zero-order valence-electron chi connectivity index (χ0n) is 29.0. The number of anilines is 2. The Bertz CT molecular complexity index is 2010. The molecular formula is C43H42N4O4S. The van der Waals surface area contributed by atoms with E-state index in [4.69, 9.17) is 0 Å². The highest BCUT2D eigenvalue weighted by Crippen LogP contribution is 2.35. The molecule has 0 aliphatic carbocycles. The lowest BCUT2D eigenvalue weighted by atomic mass is 10.1. The Kier molecular flexibility index (Phi) is 10.9. The van der Waals surface area contributed by atoms with Crippen LogP contribution in [-0.2, 0) is 32.0 Å². The van der Waals surface area contributed by atoms with Gasteiger partial charge in [0, 0.05) is 46.7 Å². The van der Waals surface area contributed by atoms with E-state index in [0.29, 0.717) is 38.0 Å². The third-order valence-corrected chi connectivity index (χ3v) is 11.1. The minimum Gasteiger partial charge on any atom is -0.339 e. The van der Waals surface area contributed by atoms with E-state index in [2.05, 4.69) is 22.8 Å². The molecule has 0 spiro atoms. The Morgan fingerprint density at radius 2 is 1.08 bits per heavy atom. The molecule has 5 aromatic rings. The number of benzene rings is 4. The molecule has 2 aliphatic heterocycles. The largest absolute Gasteiger partial charge is 0.339 e. The predicted molar refractivity (Wildman–Crippen MR) is 207 cm³/mol. The third-order valence-electron chi connectivity index (χ3n) is 9.89. The van der Waals surface area contributed by atoms with Crippen molar-refractivity contribution in [3.63, 3.8) is 0 Å². The molecule has 4 amide bonds. The topological polar surface area (TPSA) is 98.8 Å². The number of nitrogens with one attached hydrogen (secondary N) is 2. The standard InChI is InChI=1S/C43H42N4O4S/c48-40(29-36-13-7-25-46(36)41(49)27-30-9-3-1-4-10-30)44-34-19-15-32(16-20-34)38-23-24-39(52-38)33-17-21-35(22-18-33)45-43(51)37-14-8-26-47(37)42(50)28-31-11-5-2-6-12-31/h1-6,9-12,15-24,36-37H,7-8,13-14,25-29H2,(H,44,48)(H,45,51). The smallest absolute Gasteiger partial charge is 0.247 e. The van der Waals surface area contributed by atoms with Crippen LogP contribution in [0.2, 0.25) is 0 Å². The van der Waals surface area contributed by atoms with Gasteiger partial charge in [-0.1, -0.05) is 84.9 Å².